The SMILES string of the molecule is C/C=C(/CN)NC. The predicted octanol–water partition coefficient (Wildman–Crippen LogP) is 0.0683. The molecule has 0 aliphatic rings. The first kappa shape index (κ1) is 6.50. The summed E-state index contributed by atoms with van der Waals surface area (Å²) in [5.74, 6) is 0. The second kappa shape index (κ2) is 3.68. The summed E-state index contributed by atoms with van der Waals surface area (Å²) in [6, 6.07) is 0. The summed E-state index contributed by atoms with van der Waals surface area (Å²) in [7, 11) is 1.86. The Bertz CT molecular complexity index is 60.5. The molecular weight excluding hydrogens is 88.1 g/mol. The molecule has 0 saturated carbocycles. The molecule has 0 rings (SSSR count). The first-order chi connectivity index (χ1) is 3.35. The molecule has 0 spiro atoms. The molecule has 42 valence electrons. The van der Waals surface area contributed by atoms with Crippen molar-refractivity contribution >= 4 is 0 Å². The van der Waals surface area contributed by atoms with Crippen LogP contribution in [-0.2, 0) is 0 Å². The van der Waals surface area contributed by atoms with E-state index in [0.717, 1.165) is 5.70 Å². The van der Waals surface area contributed by atoms with Crippen molar-refractivity contribution in [2.24, 2.45) is 5.73 Å². The molecule has 0 aromatic heterocycles. The molecule has 3 N–H and O–H groups in total. The Balaban J connectivity index is 3.38. The summed E-state index contributed by atoms with van der Waals surface area (Å²) < 4.78 is 0. The van der Waals surface area contributed by atoms with Gasteiger partial charge in [0.25, 0.3) is 0 Å². The lowest BCUT2D eigenvalue weighted by Crippen LogP contribution is -2.15. The van der Waals surface area contributed by atoms with Crippen molar-refractivity contribution in [3.05, 3.63) is 11.8 Å². The second-order valence-electron chi connectivity index (χ2n) is 1.27. The van der Waals surface area contributed by atoms with Crippen LogP contribution in [0.2, 0.25) is 0 Å². The van der Waals surface area contributed by atoms with E-state index < -0.39 is 0 Å². The summed E-state index contributed by atoms with van der Waals surface area (Å²) >= 11 is 0. The van der Waals surface area contributed by atoms with Gasteiger partial charge in [0.1, 0.15) is 0 Å². The van der Waals surface area contributed by atoms with Gasteiger partial charge in [-0.1, -0.05) is 6.08 Å². The maximum absolute atomic E-state index is 5.26. The van der Waals surface area contributed by atoms with E-state index in [2.05, 4.69) is 5.32 Å². The fourth-order valence-corrected chi connectivity index (χ4v) is 0.364. The van der Waals surface area contributed by atoms with Crippen molar-refractivity contribution in [1.82, 2.24) is 5.32 Å². The summed E-state index contributed by atoms with van der Waals surface area (Å²) in [6.45, 7) is 2.56. The molecule has 0 bridgehead atoms. The number of rotatable bonds is 2. The highest BCUT2D eigenvalue weighted by Crippen LogP contribution is 1.78. The number of allylic oxidation sites excluding steroid dienone is 1. The van der Waals surface area contributed by atoms with E-state index in [-0.39, 0.29) is 0 Å². The van der Waals surface area contributed by atoms with E-state index in [1.165, 1.54) is 0 Å². The van der Waals surface area contributed by atoms with Crippen LogP contribution in [0.5, 0.6) is 0 Å². The molecule has 0 aromatic carbocycles. The third-order valence-corrected chi connectivity index (χ3v) is 0.889. The number of nitrogens with two attached hydrogens (primary N) is 1. The number of nitrogens with one attached hydrogen (secondary N) is 1. The first-order valence-corrected chi connectivity index (χ1v) is 2.38. The zero-order valence-electron chi connectivity index (χ0n) is 4.86. The van der Waals surface area contributed by atoms with Gasteiger partial charge < -0.3 is 11.1 Å². The molecule has 0 heterocycles. The van der Waals surface area contributed by atoms with E-state index in [1.54, 1.807) is 0 Å². The van der Waals surface area contributed by atoms with Crippen molar-refractivity contribution < 1.29 is 0 Å². The standard InChI is InChI=1S/C5H12N2/c1-3-5(4-6)7-2/h3,7H,4,6H2,1-2H3/b5-3-. The Hall–Kier alpha value is -0.500. The van der Waals surface area contributed by atoms with Crippen molar-refractivity contribution in [1.29, 1.82) is 0 Å². The van der Waals surface area contributed by atoms with E-state index in [9.17, 15) is 0 Å². The summed E-state index contributed by atoms with van der Waals surface area (Å²) in [4.78, 5) is 0. The van der Waals surface area contributed by atoms with E-state index >= 15 is 0 Å². The molecule has 2 heteroatoms. The minimum atomic E-state index is 0.604. The molecule has 0 amide bonds. The zero-order chi connectivity index (χ0) is 5.70. The molecular formula is C5H12N2. The average molecular weight is 100 g/mol. The van der Waals surface area contributed by atoms with Crippen LogP contribution in [0.15, 0.2) is 11.8 Å². The molecule has 0 aliphatic heterocycles. The van der Waals surface area contributed by atoms with Crippen LogP contribution in [-0.4, -0.2) is 13.6 Å². The van der Waals surface area contributed by atoms with Gasteiger partial charge in [-0.05, 0) is 6.92 Å². The highest BCUT2D eigenvalue weighted by molar-refractivity contribution is 4.97. The fraction of sp³-hybridized carbons (Fsp3) is 0.600. The van der Waals surface area contributed by atoms with Gasteiger partial charge in [-0.25, -0.2) is 0 Å². The quantitative estimate of drug-likeness (QED) is 0.515. The summed E-state index contributed by atoms with van der Waals surface area (Å²) in [6.07, 6.45) is 1.96. The number of likely N-dealkylation sites (N-methyl/N-ethyl adjacent to an activating group) is 1. The lowest BCUT2D eigenvalue weighted by atomic mass is 10.4. The molecule has 0 atom stereocenters. The smallest absolute Gasteiger partial charge is 0.0325 e. The Morgan fingerprint density at radius 3 is 2.43 bits per heavy atom. The highest BCUT2D eigenvalue weighted by Gasteiger charge is 1.80. The Morgan fingerprint density at radius 2 is 2.43 bits per heavy atom. The Morgan fingerprint density at radius 1 is 1.86 bits per heavy atom. The average Bonchev–Trinajstić information content (AvgIpc) is 1.72. The lowest BCUT2D eigenvalue weighted by Gasteiger charge is -1.98. The minimum absolute atomic E-state index is 0.604. The van der Waals surface area contributed by atoms with Gasteiger partial charge in [0.15, 0.2) is 0 Å². The molecule has 0 unspecified atom stereocenters. The Labute approximate surface area is 44.4 Å². The molecule has 0 aromatic rings. The number of hydrogen-bond donors (Lipinski definition) is 2. The summed E-state index contributed by atoms with van der Waals surface area (Å²) in [5.41, 5.74) is 6.35. The van der Waals surface area contributed by atoms with Gasteiger partial charge >= 0.3 is 0 Å². The van der Waals surface area contributed by atoms with Crippen molar-refractivity contribution in [3.63, 3.8) is 0 Å². The van der Waals surface area contributed by atoms with E-state index in [0.29, 0.717) is 6.54 Å². The van der Waals surface area contributed by atoms with Gasteiger partial charge in [-0.2, -0.15) is 0 Å². The molecule has 7 heavy (non-hydrogen) atoms. The molecule has 0 aliphatic carbocycles. The van der Waals surface area contributed by atoms with Gasteiger partial charge in [0, 0.05) is 19.3 Å². The highest BCUT2D eigenvalue weighted by atomic mass is 14.9. The van der Waals surface area contributed by atoms with Gasteiger partial charge in [-0.15, -0.1) is 0 Å². The van der Waals surface area contributed by atoms with Crippen LogP contribution in [0.3, 0.4) is 0 Å². The van der Waals surface area contributed by atoms with Crippen LogP contribution in [0.4, 0.5) is 0 Å². The normalized spacial score (nSPS) is 11.6. The van der Waals surface area contributed by atoms with E-state index in [1.807, 2.05) is 20.0 Å². The zero-order valence-corrected chi connectivity index (χ0v) is 4.86. The molecule has 0 radical (unpaired) electrons. The molecule has 2 nitrogen and oxygen atoms in total. The molecule has 0 saturated heterocycles. The third kappa shape index (κ3) is 2.23. The monoisotopic (exact) mass is 100 g/mol. The first-order valence-electron chi connectivity index (χ1n) is 2.38. The van der Waals surface area contributed by atoms with Crippen LogP contribution in [0, 0.1) is 0 Å². The van der Waals surface area contributed by atoms with Gasteiger partial charge in [-0.3, -0.25) is 0 Å². The maximum Gasteiger partial charge on any atom is 0.0325 e. The van der Waals surface area contributed by atoms with E-state index in [4.69, 9.17) is 5.73 Å². The van der Waals surface area contributed by atoms with Crippen molar-refractivity contribution in [2.75, 3.05) is 13.6 Å². The molecule has 0 fully saturated rings. The van der Waals surface area contributed by atoms with Crippen LogP contribution in [0.1, 0.15) is 6.92 Å². The minimum Gasteiger partial charge on any atom is -0.391 e. The van der Waals surface area contributed by atoms with Gasteiger partial charge in [0.2, 0.25) is 0 Å². The van der Waals surface area contributed by atoms with Crippen molar-refractivity contribution in [2.45, 2.75) is 6.92 Å². The third-order valence-electron chi connectivity index (χ3n) is 0.889. The maximum atomic E-state index is 5.26. The van der Waals surface area contributed by atoms with Crippen LogP contribution < -0.4 is 11.1 Å². The van der Waals surface area contributed by atoms with Crippen LogP contribution >= 0.6 is 0 Å². The summed E-state index contributed by atoms with van der Waals surface area (Å²) in [5, 5.41) is 2.94. The van der Waals surface area contributed by atoms with Crippen LogP contribution in [0.25, 0.3) is 0 Å². The second-order valence-corrected chi connectivity index (χ2v) is 1.27. The fourth-order valence-electron chi connectivity index (χ4n) is 0.364. The lowest BCUT2D eigenvalue weighted by molar-refractivity contribution is 0.922. The van der Waals surface area contributed by atoms with Gasteiger partial charge in [0.05, 0.1) is 0 Å². The topological polar surface area (TPSA) is 38.0 Å². The number of hydrogen-bond acceptors (Lipinski definition) is 2. The Kier molecular flexibility index (Phi) is 3.42. The largest absolute Gasteiger partial charge is 0.391 e. The van der Waals surface area contributed by atoms with Crippen molar-refractivity contribution in [3.8, 4) is 0 Å². The predicted molar refractivity (Wildman–Crippen MR) is 31.9 cm³/mol.